The third-order valence-electron chi connectivity index (χ3n) is 6.23. The lowest BCUT2D eigenvalue weighted by Crippen LogP contribution is -2.45. The molecule has 1 fully saturated rings. The Hall–Kier alpha value is -3.68. The van der Waals surface area contributed by atoms with E-state index in [0.29, 0.717) is 30.5 Å². The van der Waals surface area contributed by atoms with E-state index in [1.165, 1.54) is 10.8 Å². The van der Waals surface area contributed by atoms with E-state index in [1.807, 2.05) is 43.3 Å². The molecule has 1 amide bonds. The minimum Gasteiger partial charge on any atom is -0.383 e. The third kappa shape index (κ3) is 3.72. The molecule has 8 nitrogen and oxygen atoms in total. The molecule has 0 saturated carbocycles. The van der Waals surface area contributed by atoms with Gasteiger partial charge in [0.1, 0.15) is 11.4 Å². The summed E-state index contributed by atoms with van der Waals surface area (Å²) in [6, 6.07) is 11.2. The lowest BCUT2D eigenvalue weighted by molar-refractivity contribution is 0.0634. The van der Waals surface area contributed by atoms with E-state index in [9.17, 15) is 14.4 Å². The number of Topliss-reactive ketones (excluding diaryl/α,β-unsaturated/α-hetero) is 1. The van der Waals surface area contributed by atoms with Gasteiger partial charge in [-0.05, 0) is 50.5 Å². The molecule has 2 N–H and O–H groups in total. The van der Waals surface area contributed by atoms with Crippen LogP contribution in [0.2, 0.25) is 0 Å². The number of hydrogen-bond acceptors (Lipinski definition) is 5. The molecular formula is C24H27N5O3. The zero-order chi connectivity index (χ0) is 23.0. The second-order valence-electron chi connectivity index (χ2n) is 8.35. The number of nitrogen functional groups attached to an aromatic ring is 1. The first-order valence-electron chi connectivity index (χ1n) is 10.7. The van der Waals surface area contributed by atoms with Crippen molar-refractivity contribution in [2.24, 2.45) is 13.0 Å². The number of anilines is 1. The van der Waals surface area contributed by atoms with Crippen LogP contribution in [0.5, 0.6) is 0 Å². The van der Waals surface area contributed by atoms with Gasteiger partial charge in [0.15, 0.2) is 5.78 Å². The lowest BCUT2D eigenvalue weighted by Gasteiger charge is -2.32. The van der Waals surface area contributed by atoms with E-state index in [4.69, 9.17) is 5.73 Å². The van der Waals surface area contributed by atoms with E-state index in [2.05, 4.69) is 5.10 Å². The summed E-state index contributed by atoms with van der Waals surface area (Å²) in [5, 5.41) is 4.29. The zero-order valence-corrected chi connectivity index (χ0v) is 18.5. The maximum Gasteiger partial charge on any atom is 0.263 e. The summed E-state index contributed by atoms with van der Waals surface area (Å²) in [6.45, 7) is 4.37. The molecule has 0 radical (unpaired) electrons. The van der Waals surface area contributed by atoms with Crippen LogP contribution in [0.15, 0.2) is 47.4 Å². The van der Waals surface area contributed by atoms with Crippen LogP contribution in [0.4, 0.5) is 5.82 Å². The Kier molecular flexibility index (Phi) is 5.69. The molecule has 0 aliphatic carbocycles. The Bertz CT molecular complexity index is 1240. The van der Waals surface area contributed by atoms with E-state index in [0.717, 1.165) is 11.4 Å². The topological polar surface area (TPSA) is 103 Å². The Morgan fingerprint density at radius 1 is 1.16 bits per heavy atom. The molecular weight excluding hydrogens is 406 g/mol. The molecule has 166 valence electrons. The normalized spacial score (nSPS) is 16.2. The molecule has 3 heterocycles. The fraction of sp³-hybridized carbons (Fsp3) is 0.333. The number of likely N-dealkylation sites (tertiary alicyclic amines) is 1. The number of nitrogens with zero attached hydrogens (tertiary/aromatic N) is 4. The highest BCUT2D eigenvalue weighted by molar-refractivity contribution is 6.02. The lowest BCUT2D eigenvalue weighted by atomic mass is 9.90. The quantitative estimate of drug-likeness (QED) is 0.637. The van der Waals surface area contributed by atoms with Crippen LogP contribution in [0.1, 0.15) is 44.8 Å². The molecule has 8 heteroatoms. The molecule has 2 aromatic heterocycles. The number of aromatic nitrogens is 3. The Morgan fingerprint density at radius 2 is 1.88 bits per heavy atom. The van der Waals surface area contributed by atoms with Gasteiger partial charge in [-0.2, -0.15) is 5.10 Å². The van der Waals surface area contributed by atoms with Crippen LogP contribution in [0.3, 0.4) is 0 Å². The predicted octanol–water partition coefficient (Wildman–Crippen LogP) is 2.51. The SMILES string of the molecule is Cc1cc(C)n(C)c(=O)c1C(=O)N1CCC[C@H](C(=O)c2cnn(-c3ccccc3)c2N)C1. The molecule has 32 heavy (non-hydrogen) atoms. The van der Waals surface area contributed by atoms with E-state index in [1.54, 1.807) is 23.6 Å². The van der Waals surface area contributed by atoms with Crippen LogP contribution >= 0.6 is 0 Å². The summed E-state index contributed by atoms with van der Waals surface area (Å²) in [6.07, 6.45) is 2.83. The number of benzene rings is 1. The van der Waals surface area contributed by atoms with Crippen molar-refractivity contribution in [1.82, 2.24) is 19.2 Å². The van der Waals surface area contributed by atoms with E-state index in [-0.39, 0.29) is 35.2 Å². The molecule has 1 aromatic carbocycles. The summed E-state index contributed by atoms with van der Waals surface area (Å²) in [7, 11) is 1.66. The molecule has 0 bridgehead atoms. The van der Waals surface area contributed by atoms with E-state index < -0.39 is 5.92 Å². The number of rotatable bonds is 4. The molecule has 1 saturated heterocycles. The monoisotopic (exact) mass is 433 g/mol. The number of hydrogen-bond donors (Lipinski definition) is 1. The van der Waals surface area contributed by atoms with Crippen molar-refractivity contribution in [1.29, 1.82) is 0 Å². The summed E-state index contributed by atoms with van der Waals surface area (Å²) >= 11 is 0. The molecule has 4 rings (SSSR count). The fourth-order valence-corrected chi connectivity index (χ4v) is 4.32. The average Bonchev–Trinajstić information content (AvgIpc) is 3.19. The molecule has 1 aliphatic heterocycles. The maximum absolute atomic E-state index is 13.3. The van der Waals surface area contributed by atoms with Gasteiger partial charge >= 0.3 is 0 Å². The van der Waals surface area contributed by atoms with Crippen molar-refractivity contribution >= 4 is 17.5 Å². The highest BCUT2D eigenvalue weighted by Crippen LogP contribution is 2.26. The average molecular weight is 434 g/mol. The number of amides is 1. The van der Waals surface area contributed by atoms with Gasteiger partial charge in [0.25, 0.3) is 11.5 Å². The highest BCUT2D eigenvalue weighted by atomic mass is 16.2. The number of pyridine rings is 1. The number of nitrogens with two attached hydrogens (primary N) is 1. The number of para-hydroxylation sites is 1. The first-order chi connectivity index (χ1) is 15.3. The Morgan fingerprint density at radius 3 is 2.59 bits per heavy atom. The van der Waals surface area contributed by atoms with Crippen LogP contribution in [-0.4, -0.2) is 44.0 Å². The third-order valence-corrected chi connectivity index (χ3v) is 6.23. The van der Waals surface area contributed by atoms with Gasteiger partial charge in [-0.15, -0.1) is 0 Å². The van der Waals surface area contributed by atoms with Gasteiger partial charge in [0, 0.05) is 31.7 Å². The predicted molar refractivity (Wildman–Crippen MR) is 122 cm³/mol. The first-order valence-corrected chi connectivity index (χ1v) is 10.7. The molecule has 3 aromatic rings. The first kappa shape index (κ1) is 21.5. The van der Waals surface area contributed by atoms with Crippen molar-refractivity contribution in [3.8, 4) is 5.69 Å². The van der Waals surface area contributed by atoms with Gasteiger partial charge in [0.2, 0.25) is 0 Å². The second kappa shape index (κ2) is 8.45. The highest BCUT2D eigenvalue weighted by Gasteiger charge is 2.33. The second-order valence-corrected chi connectivity index (χ2v) is 8.35. The summed E-state index contributed by atoms with van der Waals surface area (Å²) in [4.78, 5) is 40.8. The summed E-state index contributed by atoms with van der Waals surface area (Å²) < 4.78 is 3.02. The Balaban J connectivity index is 1.57. The fourth-order valence-electron chi connectivity index (χ4n) is 4.32. The van der Waals surface area contributed by atoms with Crippen LogP contribution in [0.25, 0.3) is 5.69 Å². The van der Waals surface area contributed by atoms with Crippen LogP contribution in [-0.2, 0) is 7.05 Å². The summed E-state index contributed by atoms with van der Waals surface area (Å²) in [5.74, 6) is -0.560. The van der Waals surface area contributed by atoms with Crippen molar-refractivity contribution < 1.29 is 9.59 Å². The molecule has 0 unspecified atom stereocenters. The number of carbonyl (C=O) groups is 2. The number of piperidine rings is 1. The Labute approximate surface area is 186 Å². The van der Waals surface area contributed by atoms with Crippen molar-refractivity contribution in [3.63, 3.8) is 0 Å². The zero-order valence-electron chi connectivity index (χ0n) is 18.5. The van der Waals surface area contributed by atoms with Gasteiger partial charge < -0.3 is 15.2 Å². The van der Waals surface area contributed by atoms with Gasteiger partial charge in [-0.3, -0.25) is 14.4 Å². The number of ketones is 1. The maximum atomic E-state index is 13.3. The minimum absolute atomic E-state index is 0.129. The van der Waals surface area contributed by atoms with Gasteiger partial charge in [-0.25, -0.2) is 4.68 Å². The van der Waals surface area contributed by atoms with Crippen molar-refractivity contribution in [2.75, 3.05) is 18.8 Å². The largest absolute Gasteiger partial charge is 0.383 e. The molecule has 0 spiro atoms. The molecule has 1 aliphatic rings. The smallest absolute Gasteiger partial charge is 0.263 e. The summed E-state index contributed by atoms with van der Waals surface area (Å²) in [5.41, 5.74) is 8.69. The number of aryl methyl sites for hydroxylation is 2. The minimum atomic E-state index is -0.391. The van der Waals surface area contributed by atoms with Crippen LogP contribution in [0, 0.1) is 19.8 Å². The van der Waals surface area contributed by atoms with Crippen LogP contribution < -0.4 is 11.3 Å². The van der Waals surface area contributed by atoms with Gasteiger partial charge in [0.05, 0.1) is 17.4 Å². The van der Waals surface area contributed by atoms with Gasteiger partial charge in [-0.1, -0.05) is 18.2 Å². The molecule has 1 atom stereocenters. The van der Waals surface area contributed by atoms with E-state index >= 15 is 0 Å². The standard InChI is InChI=1S/C24H27N5O3/c1-15-12-16(2)27(3)23(31)20(15)24(32)28-11-7-8-17(14-28)21(30)19-13-26-29(22(19)25)18-9-5-4-6-10-18/h4-6,9-10,12-13,17H,7-8,11,14,25H2,1-3H3/t17-/m0/s1. The van der Waals surface area contributed by atoms with Crippen molar-refractivity contribution in [2.45, 2.75) is 26.7 Å². The van der Waals surface area contributed by atoms with Crippen molar-refractivity contribution in [3.05, 3.63) is 75.3 Å². The number of carbonyl (C=O) groups excluding carboxylic acids is 2.